The van der Waals surface area contributed by atoms with E-state index in [0.717, 1.165) is 7.11 Å². The summed E-state index contributed by atoms with van der Waals surface area (Å²) in [5.74, 6) is -2.23. The summed E-state index contributed by atoms with van der Waals surface area (Å²) in [7, 11) is 2.33. The molecule has 19 heavy (non-hydrogen) atoms. The van der Waals surface area contributed by atoms with E-state index in [1.807, 2.05) is 0 Å². The molecule has 0 spiro atoms. The summed E-state index contributed by atoms with van der Waals surface area (Å²) in [6.07, 6.45) is 0.801. The highest BCUT2D eigenvalue weighted by molar-refractivity contribution is 9.10. The fourth-order valence-corrected chi connectivity index (χ4v) is 1.36. The molecule has 0 aliphatic rings. The van der Waals surface area contributed by atoms with Crippen molar-refractivity contribution in [3.05, 3.63) is 16.5 Å². The highest BCUT2D eigenvalue weighted by atomic mass is 79.9. The van der Waals surface area contributed by atoms with Gasteiger partial charge in [0.15, 0.2) is 11.5 Å². The molecule has 0 saturated carbocycles. The Labute approximate surface area is 116 Å². The predicted molar refractivity (Wildman–Crippen MR) is 66.3 cm³/mol. The predicted octanol–water partition coefficient (Wildman–Crippen LogP) is 0.527. The minimum Gasteiger partial charge on any atom is -0.469 e. The monoisotopic (exact) mass is 331 g/mol. The zero-order valence-electron chi connectivity index (χ0n) is 10.1. The first-order valence-corrected chi connectivity index (χ1v) is 5.74. The molecule has 1 heterocycles. The van der Waals surface area contributed by atoms with Crippen LogP contribution in [-0.4, -0.2) is 42.0 Å². The van der Waals surface area contributed by atoms with Crippen molar-refractivity contribution in [3.63, 3.8) is 0 Å². The lowest BCUT2D eigenvalue weighted by atomic mass is 10.3. The van der Waals surface area contributed by atoms with Crippen molar-refractivity contribution in [2.75, 3.05) is 19.5 Å². The molecule has 1 aromatic rings. The zero-order valence-corrected chi connectivity index (χ0v) is 11.7. The lowest BCUT2D eigenvalue weighted by Crippen LogP contribution is -2.20. The Kier molecular flexibility index (Phi) is 5.37. The Bertz CT molecular complexity index is 520. The number of esters is 2. The van der Waals surface area contributed by atoms with Gasteiger partial charge >= 0.3 is 11.9 Å². The van der Waals surface area contributed by atoms with Crippen LogP contribution in [0.1, 0.15) is 16.9 Å². The van der Waals surface area contributed by atoms with Gasteiger partial charge in [-0.25, -0.2) is 14.8 Å². The average Bonchev–Trinajstić information content (AvgIpc) is 2.39. The van der Waals surface area contributed by atoms with Gasteiger partial charge in [0.1, 0.15) is 11.0 Å². The molecule has 9 heteroatoms. The number of halogens is 1. The van der Waals surface area contributed by atoms with Crippen LogP contribution in [0.4, 0.5) is 5.82 Å². The summed E-state index contributed by atoms with van der Waals surface area (Å²) >= 11 is 3.04. The van der Waals surface area contributed by atoms with Gasteiger partial charge in [0.05, 0.1) is 20.4 Å². The van der Waals surface area contributed by atoms with Gasteiger partial charge in [-0.2, -0.15) is 0 Å². The lowest BCUT2D eigenvalue weighted by Gasteiger charge is -2.07. The quantitative estimate of drug-likeness (QED) is 0.633. The van der Waals surface area contributed by atoms with Crippen LogP contribution >= 0.6 is 15.9 Å². The molecular formula is C10H10BrN3O5. The summed E-state index contributed by atoms with van der Waals surface area (Å²) < 4.78 is 9.16. The van der Waals surface area contributed by atoms with E-state index in [1.165, 1.54) is 13.3 Å². The van der Waals surface area contributed by atoms with Gasteiger partial charge in [0.2, 0.25) is 5.91 Å². The Morgan fingerprint density at radius 2 is 2.00 bits per heavy atom. The first-order chi connectivity index (χ1) is 8.97. The van der Waals surface area contributed by atoms with E-state index < -0.39 is 24.3 Å². The average molecular weight is 332 g/mol. The Balaban J connectivity index is 2.91. The second kappa shape index (κ2) is 6.78. The van der Waals surface area contributed by atoms with Crippen molar-refractivity contribution in [3.8, 4) is 0 Å². The third-order valence-corrected chi connectivity index (χ3v) is 2.29. The van der Waals surface area contributed by atoms with Crippen LogP contribution in [0.2, 0.25) is 0 Å². The first-order valence-electron chi connectivity index (χ1n) is 4.95. The fourth-order valence-electron chi connectivity index (χ4n) is 1.08. The van der Waals surface area contributed by atoms with Crippen molar-refractivity contribution in [2.24, 2.45) is 0 Å². The maximum absolute atomic E-state index is 11.5. The normalized spacial score (nSPS) is 9.63. The zero-order chi connectivity index (χ0) is 14.4. The van der Waals surface area contributed by atoms with Gasteiger partial charge in [0.25, 0.3) is 0 Å². The minimum atomic E-state index is -0.762. The van der Waals surface area contributed by atoms with Crippen LogP contribution in [0.3, 0.4) is 0 Å². The molecule has 0 unspecified atom stereocenters. The highest BCUT2D eigenvalue weighted by Gasteiger charge is 2.19. The van der Waals surface area contributed by atoms with Gasteiger partial charge in [0, 0.05) is 0 Å². The van der Waals surface area contributed by atoms with Crippen molar-refractivity contribution in [1.29, 1.82) is 0 Å². The van der Waals surface area contributed by atoms with Crippen LogP contribution in [-0.2, 0) is 19.1 Å². The number of anilines is 1. The smallest absolute Gasteiger partial charge is 0.360 e. The summed E-state index contributed by atoms with van der Waals surface area (Å²) in [5.41, 5.74) is -0.171. The maximum atomic E-state index is 11.5. The van der Waals surface area contributed by atoms with E-state index in [2.05, 4.69) is 40.7 Å². The van der Waals surface area contributed by atoms with Crippen molar-refractivity contribution in [2.45, 2.75) is 6.42 Å². The van der Waals surface area contributed by atoms with E-state index >= 15 is 0 Å². The molecule has 0 radical (unpaired) electrons. The highest BCUT2D eigenvalue weighted by Crippen LogP contribution is 2.15. The molecule has 1 amide bonds. The van der Waals surface area contributed by atoms with Crippen LogP contribution in [0.5, 0.6) is 0 Å². The van der Waals surface area contributed by atoms with Gasteiger partial charge in [-0.1, -0.05) is 0 Å². The number of nitrogens with zero attached hydrogens (tertiary/aromatic N) is 2. The van der Waals surface area contributed by atoms with Crippen molar-refractivity contribution >= 4 is 39.6 Å². The van der Waals surface area contributed by atoms with E-state index in [0.29, 0.717) is 4.60 Å². The van der Waals surface area contributed by atoms with E-state index in [4.69, 9.17) is 0 Å². The molecule has 0 aromatic carbocycles. The number of methoxy groups -OCH3 is 2. The van der Waals surface area contributed by atoms with E-state index in [1.54, 1.807) is 0 Å². The largest absolute Gasteiger partial charge is 0.469 e. The van der Waals surface area contributed by atoms with Crippen LogP contribution in [0.25, 0.3) is 0 Å². The summed E-state index contributed by atoms with van der Waals surface area (Å²) in [6.45, 7) is 0. The third kappa shape index (κ3) is 4.28. The SMILES string of the molecule is COC(=O)CC(=O)Nc1ncc(Br)nc1C(=O)OC. The first kappa shape index (κ1) is 15.0. The van der Waals surface area contributed by atoms with Gasteiger partial charge in [-0.05, 0) is 15.9 Å². The van der Waals surface area contributed by atoms with E-state index in [9.17, 15) is 14.4 Å². The van der Waals surface area contributed by atoms with Gasteiger partial charge in [-0.3, -0.25) is 9.59 Å². The number of carbonyl (C=O) groups excluding carboxylic acids is 3. The van der Waals surface area contributed by atoms with Crippen molar-refractivity contribution in [1.82, 2.24) is 9.97 Å². The van der Waals surface area contributed by atoms with Crippen LogP contribution in [0.15, 0.2) is 10.8 Å². The summed E-state index contributed by atoms with van der Waals surface area (Å²) in [4.78, 5) is 41.5. The van der Waals surface area contributed by atoms with Gasteiger partial charge < -0.3 is 14.8 Å². The fraction of sp³-hybridized carbons (Fsp3) is 0.300. The standard InChI is InChI=1S/C10H10BrN3O5/c1-18-7(16)3-6(15)14-9-8(10(17)19-2)13-5(11)4-12-9/h4H,3H2,1-2H3,(H,12,14,15). The third-order valence-electron chi connectivity index (χ3n) is 1.91. The molecular weight excluding hydrogens is 322 g/mol. The Morgan fingerprint density at radius 1 is 1.32 bits per heavy atom. The number of nitrogens with one attached hydrogen (secondary N) is 1. The second-order valence-corrected chi connectivity index (χ2v) is 4.00. The molecule has 0 aliphatic heterocycles. The molecule has 1 aromatic heterocycles. The molecule has 0 fully saturated rings. The van der Waals surface area contributed by atoms with Gasteiger partial charge in [-0.15, -0.1) is 0 Å². The summed E-state index contributed by atoms with van der Waals surface area (Å²) in [5, 5.41) is 2.28. The molecule has 1 rings (SSSR count). The molecule has 0 saturated heterocycles. The molecule has 1 N–H and O–H groups in total. The number of hydrogen-bond acceptors (Lipinski definition) is 7. The summed E-state index contributed by atoms with van der Waals surface area (Å²) in [6, 6.07) is 0. The lowest BCUT2D eigenvalue weighted by molar-refractivity contribution is -0.142. The number of aromatic nitrogens is 2. The maximum Gasteiger partial charge on any atom is 0.360 e. The Hall–Kier alpha value is -2.03. The van der Waals surface area contributed by atoms with Crippen LogP contribution < -0.4 is 5.32 Å². The number of hydrogen-bond donors (Lipinski definition) is 1. The van der Waals surface area contributed by atoms with E-state index in [-0.39, 0.29) is 11.5 Å². The van der Waals surface area contributed by atoms with Crippen molar-refractivity contribution < 1.29 is 23.9 Å². The molecule has 0 atom stereocenters. The number of amides is 1. The number of ether oxygens (including phenoxy) is 2. The Morgan fingerprint density at radius 3 is 2.58 bits per heavy atom. The van der Waals surface area contributed by atoms with Crippen LogP contribution in [0, 0.1) is 0 Å². The number of rotatable bonds is 4. The number of carbonyl (C=O) groups is 3. The molecule has 8 nitrogen and oxygen atoms in total. The molecule has 0 aliphatic carbocycles. The topological polar surface area (TPSA) is 107 Å². The molecule has 102 valence electrons. The molecule has 0 bridgehead atoms. The minimum absolute atomic E-state index is 0.0936. The second-order valence-electron chi connectivity index (χ2n) is 3.18.